The molecular weight excluding hydrogens is 138 g/mol. The number of aliphatic hydroxyl groups excluding tert-OH is 1. The van der Waals surface area contributed by atoms with Gasteiger partial charge in [0.1, 0.15) is 0 Å². The first-order valence-corrected chi connectivity index (χ1v) is 4.09. The highest BCUT2D eigenvalue weighted by atomic mass is 16.3. The minimum absolute atomic E-state index is 0.210. The molecule has 0 spiro atoms. The highest BCUT2D eigenvalue weighted by Crippen LogP contribution is 1.92. The van der Waals surface area contributed by atoms with E-state index in [9.17, 15) is 5.11 Å². The molecule has 0 aliphatic rings. The van der Waals surface area contributed by atoms with Gasteiger partial charge < -0.3 is 10.4 Å². The Bertz CT molecular complexity index is 134. The second-order valence-electron chi connectivity index (χ2n) is 2.50. The molecule has 2 heteroatoms. The van der Waals surface area contributed by atoms with E-state index in [0.717, 1.165) is 12.8 Å². The molecule has 0 rings (SSSR count). The van der Waals surface area contributed by atoms with Crippen molar-refractivity contribution in [2.45, 2.75) is 32.8 Å². The fraction of sp³-hybridized carbons (Fsp3) is 0.778. The lowest BCUT2D eigenvalue weighted by Gasteiger charge is -2.07. The van der Waals surface area contributed by atoms with E-state index in [1.807, 2.05) is 6.92 Å². The van der Waals surface area contributed by atoms with E-state index in [1.165, 1.54) is 0 Å². The van der Waals surface area contributed by atoms with Crippen LogP contribution in [0.25, 0.3) is 0 Å². The molecular formula is C9H17NO. The van der Waals surface area contributed by atoms with Gasteiger partial charge in [-0.05, 0) is 13.3 Å². The lowest BCUT2D eigenvalue weighted by molar-refractivity contribution is 0.162. The quantitative estimate of drug-likeness (QED) is 0.454. The zero-order valence-electron chi connectivity index (χ0n) is 7.35. The fourth-order valence-corrected chi connectivity index (χ4v) is 0.825. The molecule has 11 heavy (non-hydrogen) atoms. The van der Waals surface area contributed by atoms with Gasteiger partial charge in [-0.3, -0.25) is 0 Å². The van der Waals surface area contributed by atoms with Crippen LogP contribution >= 0.6 is 0 Å². The Morgan fingerprint density at radius 2 is 2.27 bits per heavy atom. The van der Waals surface area contributed by atoms with E-state index >= 15 is 0 Å². The number of aliphatic hydroxyl groups is 1. The van der Waals surface area contributed by atoms with Crippen LogP contribution in [0.2, 0.25) is 0 Å². The van der Waals surface area contributed by atoms with Crippen LogP contribution in [-0.4, -0.2) is 24.3 Å². The minimum Gasteiger partial charge on any atom is -0.392 e. The number of rotatable bonds is 5. The smallest absolute Gasteiger partial charge is 0.0664 e. The second kappa shape index (κ2) is 7.59. The average Bonchev–Trinajstić information content (AvgIpc) is 1.99. The van der Waals surface area contributed by atoms with E-state index < -0.39 is 0 Å². The molecule has 0 radical (unpaired) electrons. The standard InChI is InChI=1S/C9H17NO/c1-3-5-7-10-8-9(11)6-4-2/h9-11H,4,6-8H2,1-2H3. The normalized spacial score (nSPS) is 11.9. The lowest BCUT2D eigenvalue weighted by atomic mass is 10.2. The van der Waals surface area contributed by atoms with Gasteiger partial charge in [-0.2, -0.15) is 0 Å². The molecule has 2 N–H and O–H groups in total. The van der Waals surface area contributed by atoms with Crippen molar-refractivity contribution < 1.29 is 5.11 Å². The van der Waals surface area contributed by atoms with Gasteiger partial charge >= 0.3 is 0 Å². The Morgan fingerprint density at radius 3 is 2.82 bits per heavy atom. The molecule has 2 nitrogen and oxygen atoms in total. The molecule has 64 valence electrons. The largest absolute Gasteiger partial charge is 0.392 e. The van der Waals surface area contributed by atoms with Gasteiger partial charge in [0, 0.05) is 6.54 Å². The van der Waals surface area contributed by atoms with Gasteiger partial charge in [-0.1, -0.05) is 19.3 Å². The average molecular weight is 155 g/mol. The molecule has 0 aliphatic heterocycles. The summed E-state index contributed by atoms with van der Waals surface area (Å²) in [6.45, 7) is 5.21. The summed E-state index contributed by atoms with van der Waals surface area (Å²) in [7, 11) is 0. The Labute approximate surface area is 69.0 Å². The Balaban J connectivity index is 3.14. The van der Waals surface area contributed by atoms with E-state index in [0.29, 0.717) is 13.1 Å². The van der Waals surface area contributed by atoms with Crippen molar-refractivity contribution in [1.29, 1.82) is 0 Å². The van der Waals surface area contributed by atoms with Crippen molar-refractivity contribution in [3.8, 4) is 11.8 Å². The lowest BCUT2D eigenvalue weighted by Crippen LogP contribution is -2.26. The van der Waals surface area contributed by atoms with Gasteiger partial charge in [-0.15, -0.1) is 5.92 Å². The van der Waals surface area contributed by atoms with Crippen molar-refractivity contribution in [3.63, 3.8) is 0 Å². The number of hydrogen-bond acceptors (Lipinski definition) is 2. The summed E-state index contributed by atoms with van der Waals surface area (Å²) in [5.41, 5.74) is 0. The summed E-state index contributed by atoms with van der Waals surface area (Å²) in [6.07, 6.45) is 1.69. The monoisotopic (exact) mass is 155 g/mol. The van der Waals surface area contributed by atoms with Crippen LogP contribution in [-0.2, 0) is 0 Å². The molecule has 0 bridgehead atoms. The van der Waals surface area contributed by atoms with Crippen LogP contribution < -0.4 is 5.32 Å². The number of nitrogens with one attached hydrogen (secondary N) is 1. The van der Waals surface area contributed by atoms with Crippen molar-refractivity contribution >= 4 is 0 Å². The van der Waals surface area contributed by atoms with Gasteiger partial charge in [0.2, 0.25) is 0 Å². The predicted molar refractivity (Wildman–Crippen MR) is 47.2 cm³/mol. The van der Waals surface area contributed by atoms with Crippen molar-refractivity contribution in [2.75, 3.05) is 13.1 Å². The maximum atomic E-state index is 9.24. The van der Waals surface area contributed by atoms with Crippen molar-refractivity contribution in [1.82, 2.24) is 5.32 Å². The summed E-state index contributed by atoms with van der Waals surface area (Å²) in [4.78, 5) is 0. The van der Waals surface area contributed by atoms with Gasteiger partial charge in [0.15, 0.2) is 0 Å². The third-order valence-corrected chi connectivity index (χ3v) is 1.39. The van der Waals surface area contributed by atoms with Gasteiger partial charge in [0.05, 0.1) is 12.6 Å². The molecule has 0 amide bonds. The van der Waals surface area contributed by atoms with Crippen LogP contribution in [0.15, 0.2) is 0 Å². The summed E-state index contributed by atoms with van der Waals surface area (Å²) < 4.78 is 0. The SMILES string of the molecule is CC#CCNCC(O)CCC. The molecule has 0 saturated heterocycles. The summed E-state index contributed by atoms with van der Waals surface area (Å²) in [5.74, 6) is 5.65. The van der Waals surface area contributed by atoms with Crippen LogP contribution in [0, 0.1) is 11.8 Å². The number of hydrogen-bond donors (Lipinski definition) is 2. The van der Waals surface area contributed by atoms with E-state index in [-0.39, 0.29) is 6.10 Å². The van der Waals surface area contributed by atoms with Crippen LogP contribution in [0.1, 0.15) is 26.7 Å². The molecule has 0 saturated carbocycles. The van der Waals surface area contributed by atoms with E-state index in [2.05, 4.69) is 24.1 Å². The molecule has 0 aromatic rings. The Kier molecular flexibility index (Phi) is 7.23. The zero-order chi connectivity index (χ0) is 8.53. The Hall–Kier alpha value is -0.520. The Morgan fingerprint density at radius 1 is 1.55 bits per heavy atom. The molecule has 0 aromatic carbocycles. The van der Waals surface area contributed by atoms with Gasteiger partial charge in [-0.25, -0.2) is 0 Å². The third-order valence-electron chi connectivity index (χ3n) is 1.39. The highest BCUT2D eigenvalue weighted by Gasteiger charge is 1.99. The predicted octanol–water partition coefficient (Wildman–Crippen LogP) is 0.760. The molecule has 1 unspecified atom stereocenters. The van der Waals surface area contributed by atoms with E-state index in [4.69, 9.17) is 0 Å². The topological polar surface area (TPSA) is 32.3 Å². The fourth-order valence-electron chi connectivity index (χ4n) is 0.825. The van der Waals surface area contributed by atoms with Crippen LogP contribution in [0.5, 0.6) is 0 Å². The first kappa shape index (κ1) is 10.5. The summed E-state index contributed by atoms with van der Waals surface area (Å²) in [6, 6.07) is 0. The van der Waals surface area contributed by atoms with Crippen molar-refractivity contribution in [3.05, 3.63) is 0 Å². The summed E-state index contributed by atoms with van der Waals surface area (Å²) >= 11 is 0. The first-order chi connectivity index (χ1) is 5.31. The van der Waals surface area contributed by atoms with Crippen molar-refractivity contribution in [2.24, 2.45) is 0 Å². The molecule has 0 aromatic heterocycles. The maximum absolute atomic E-state index is 9.24. The third kappa shape index (κ3) is 7.38. The highest BCUT2D eigenvalue weighted by molar-refractivity contribution is 4.96. The molecule has 1 atom stereocenters. The zero-order valence-corrected chi connectivity index (χ0v) is 7.35. The second-order valence-corrected chi connectivity index (χ2v) is 2.50. The first-order valence-electron chi connectivity index (χ1n) is 4.09. The van der Waals surface area contributed by atoms with Crippen LogP contribution in [0.4, 0.5) is 0 Å². The van der Waals surface area contributed by atoms with Gasteiger partial charge in [0.25, 0.3) is 0 Å². The molecule has 0 fully saturated rings. The maximum Gasteiger partial charge on any atom is 0.0664 e. The van der Waals surface area contributed by atoms with E-state index in [1.54, 1.807) is 0 Å². The molecule has 0 heterocycles. The minimum atomic E-state index is -0.210. The van der Waals surface area contributed by atoms with Crippen LogP contribution in [0.3, 0.4) is 0 Å². The molecule has 0 aliphatic carbocycles. The summed E-state index contributed by atoms with van der Waals surface area (Å²) in [5, 5.41) is 12.3.